The summed E-state index contributed by atoms with van der Waals surface area (Å²) in [6.45, 7) is 13.8. The zero-order chi connectivity index (χ0) is 65.1. The quantitative estimate of drug-likeness (QED) is 0.0104. The van der Waals surface area contributed by atoms with Gasteiger partial charge in [-0.2, -0.15) is 0 Å². The number of benzene rings is 5. The van der Waals surface area contributed by atoms with Crippen molar-refractivity contribution in [3.63, 3.8) is 0 Å². The molecule has 12 nitrogen and oxygen atoms in total. The molecule has 1 unspecified atom stereocenters. The highest BCUT2D eigenvalue weighted by molar-refractivity contribution is 5.97. The average Bonchev–Trinajstić information content (AvgIpc) is 1.35. The third kappa shape index (κ3) is 17.8. The Hall–Kier alpha value is -7.09. The maximum atomic E-state index is 14.2. The highest BCUT2D eigenvalue weighted by Crippen LogP contribution is 2.67. The van der Waals surface area contributed by atoms with Crippen molar-refractivity contribution in [3.8, 4) is 5.75 Å². The van der Waals surface area contributed by atoms with E-state index in [1.165, 1.54) is 76.3 Å². The molecule has 0 radical (unpaired) electrons. The van der Waals surface area contributed by atoms with Crippen LogP contribution in [0.3, 0.4) is 0 Å². The Balaban J connectivity index is 0.742. The molecule has 6 N–H and O–H groups in total. The molecule has 4 aliphatic carbocycles. The zero-order valence-electron chi connectivity index (χ0n) is 55.7. The van der Waals surface area contributed by atoms with E-state index in [0.29, 0.717) is 78.9 Å². The van der Waals surface area contributed by atoms with Crippen LogP contribution in [0.25, 0.3) is 0 Å². The molecule has 4 aliphatic rings. The molecular weight excluding hydrogens is 1150 g/mol. The van der Waals surface area contributed by atoms with Gasteiger partial charge in [0.2, 0.25) is 23.6 Å². The Morgan fingerprint density at radius 2 is 1.38 bits per heavy atom. The van der Waals surface area contributed by atoms with Crippen LogP contribution in [0.1, 0.15) is 178 Å². The summed E-state index contributed by atoms with van der Waals surface area (Å²) < 4.78 is 25.6. The number of fused-ring (bicyclic) bond motifs is 5. The molecule has 0 heterocycles. The van der Waals surface area contributed by atoms with Gasteiger partial charge in [-0.3, -0.25) is 24.5 Å². The summed E-state index contributed by atoms with van der Waals surface area (Å²) in [5, 5.41) is 25.4. The van der Waals surface area contributed by atoms with Crippen molar-refractivity contribution < 1.29 is 38.1 Å². The number of hydrogen-bond donors (Lipinski definition) is 6. The lowest BCUT2D eigenvalue weighted by Crippen LogP contribution is -2.50. The van der Waals surface area contributed by atoms with Crippen molar-refractivity contribution in [1.82, 2.24) is 21.3 Å². The summed E-state index contributed by atoms with van der Waals surface area (Å²) >= 11 is 0. The van der Waals surface area contributed by atoms with Gasteiger partial charge in [-0.1, -0.05) is 163 Å². The second-order valence-electron chi connectivity index (χ2n) is 28.1. The number of rotatable bonds is 33. The molecule has 5 aromatic carbocycles. The number of ether oxygens (including phenoxy) is 2. The minimum Gasteiger partial charge on any atom is -0.501 e. The number of halogens is 1. The van der Waals surface area contributed by atoms with Crippen LogP contribution in [0, 0.1) is 58.1 Å². The molecule has 0 aliphatic heterocycles. The van der Waals surface area contributed by atoms with Gasteiger partial charge >= 0.3 is 0 Å². The summed E-state index contributed by atoms with van der Waals surface area (Å²) in [6.07, 6.45) is 23.3. The highest BCUT2D eigenvalue weighted by atomic mass is 19.1. The van der Waals surface area contributed by atoms with Gasteiger partial charge in [0.15, 0.2) is 0 Å². The number of anilines is 1. The van der Waals surface area contributed by atoms with E-state index in [1.54, 1.807) is 49.1 Å². The van der Waals surface area contributed by atoms with E-state index in [4.69, 9.17) is 9.47 Å². The normalized spacial score (nSPS) is 22.8. The topological polar surface area (TPSA) is 167 Å². The molecule has 3 fully saturated rings. The summed E-state index contributed by atoms with van der Waals surface area (Å²) in [7, 11) is 1.65. The predicted molar refractivity (Wildman–Crippen MR) is 366 cm³/mol. The summed E-state index contributed by atoms with van der Waals surface area (Å²) in [6, 6.07) is 39.7. The number of aliphatic hydroxyl groups excluding tert-OH is 1. The van der Waals surface area contributed by atoms with Crippen molar-refractivity contribution in [2.45, 2.75) is 181 Å². The maximum absolute atomic E-state index is 14.2. The first-order valence-electron chi connectivity index (χ1n) is 34.6. The fourth-order valence-electron chi connectivity index (χ4n) is 16.6. The highest BCUT2D eigenvalue weighted by Gasteiger charge is 2.59. The van der Waals surface area contributed by atoms with Gasteiger partial charge in [0, 0.05) is 37.5 Å². The lowest BCUT2D eigenvalue weighted by molar-refractivity contribution is -0.128. The third-order valence-electron chi connectivity index (χ3n) is 21.6. The fourth-order valence-corrected chi connectivity index (χ4v) is 16.6. The van der Waals surface area contributed by atoms with E-state index < -0.39 is 41.2 Å². The molecule has 5 aromatic rings. The first-order chi connectivity index (χ1) is 44.5. The first kappa shape index (κ1) is 69.3. The van der Waals surface area contributed by atoms with Crippen LogP contribution in [-0.4, -0.2) is 67.6 Å². The largest absolute Gasteiger partial charge is 0.501 e. The monoisotopic (exact) mass is 1250 g/mol. The molecule has 92 heavy (non-hydrogen) atoms. The van der Waals surface area contributed by atoms with Gasteiger partial charge < -0.3 is 35.8 Å². The molecule has 0 aromatic heterocycles. The number of allylic oxidation sites excluding steroid dienone is 3. The second kappa shape index (κ2) is 33.1. The van der Waals surface area contributed by atoms with E-state index in [-0.39, 0.29) is 38.2 Å². The molecule has 3 saturated carbocycles. The van der Waals surface area contributed by atoms with Crippen LogP contribution >= 0.6 is 0 Å². The Morgan fingerprint density at radius 3 is 2.07 bits per heavy atom. The first-order valence-corrected chi connectivity index (χ1v) is 34.6. The van der Waals surface area contributed by atoms with Gasteiger partial charge in [0.05, 0.1) is 32.1 Å². The van der Waals surface area contributed by atoms with E-state index >= 15 is 0 Å². The molecule has 0 spiro atoms. The smallest absolute Gasteiger partial charge is 0.246 e. The molecule has 0 saturated heterocycles. The van der Waals surface area contributed by atoms with Crippen molar-refractivity contribution >= 4 is 29.3 Å². The second-order valence-corrected chi connectivity index (χ2v) is 28.1. The van der Waals surface area contributed by atoms with E-state index in [0.717, 1.165) is 64.4 Å². The number of unbranched alkanes of at least 4 members (excludes halogenated alkanes) is 1. The van der Waals surface area contributed by atoms with Gasteiger partial charge in [-0.05, 0) is 213 Å². The SMILES string of the molecule is COc1ccc(C(NCCCC[C@H](NC(=O)C[C@H](Cc2ccc(F)cc2)NC(=O)CCC(=O)NCCCO/C=C/C2CC[C@@]3(C)C(=CC[C@H]4[C@@H]5CC[C@H]([C@H](C)CCCC(C)C)[C@@]5(C)CC[C@@H]43)C2)C(=O)Nc2ccc(CO)cc2)(c2ccccc2)c2ccccc2)cc1. The number of aliphatic hydroxyl groups is 1. The van der Waals surface area contributed by atoms with E-state index in [9.17, 15) is 28.7 Å². The van der Waals surface area contributed by atoms with Crippen LogP contribution in [0.5, 0.6) is 5.75 Å². The molecule has 0 bridgehead atoms. The zero-order valence-corrected chi connectivity index (χ0v) is 55.7. The predicted octanol–water partition coefficient (Wildman–Crippen LogP) is 15.1. The van der Waals surface area contributed by atoms with Crippen molar-refractivity contribution in [3.05, 3.63) is 191 Å². The molecule has 4 amide bonds. The maximum Gasteiger partial charge on any atom is 0.246 e. The lowest BCUT2D eigenvalue weighted by Gasteiger charge is -2.58. The van der Waals surface area contributed by atoms with Crippen LogP contribution in [0.4, 0.5) is 10.1 Å². The Morgan fingerprint density at radius 1 is 0.696 bits per heavy atom. The minimum absolute atomic E-state index is 0.0489. The molecule has 13 heteroatoms. The van der Waals surface area contributed by atoms with Crippen molar-refractivity contribution in [1.29, 1.82) is 0 Å². The fraction of sp³-hybridized carbons (Fsp3) is 0.519. The van der Waals surface area contributed by atoms with Crippen LogP contribution in [0.2, 0.25) is 0 Å². The number of nitrogens with one attached hydrogen (secondary N) is 5. The van der Waals surface area contributed by atoms with Crippen molar-refractivity contribution in [2.24, 2.45) is 52.3 Å². The third-order valence-corrected chi connectivity index (χ3v) is 21.6. The average molecular weight is 1250 g/mol. The van der Waals surface area contributed by atoms with Crippen LogP contribution in [-0.2, 0) is 42.5 Å². The molecule has 9 rings (SSSR count). The minimum atomic E-state index is -0.953. The van der Waals surface area contributed by atoms with Crippen LogP contribution in [0.15, 0.2) is 157 Å². The lowest BCUT2D eigenvalue weighted by atomic mass is 9.46. The summed E-state index contributed by atoms with van der Waals surface area (Å²) in [4.78, 5) is 55.0. The van der Waals surface area contributed by atoms with Gasteiger partial charge in [-0.15, -0.1) is 0 Å². The number of methoxy groups -OCH3 is 1. The summed E-state index contributed by atoms with van der Waals surface area (Å²) in [5.41, 5.74) is 6.77. The van der Waals surface area contributed by atoms with E-state index in [2.05, 4.69) is 110 Å². The molecule has 10 atom stereocenters. The molecular formula is C79H104FN5O7. The number of carbonyl (C=O) groups is 4. The van der Waals surface area contributed by atoms with Crippen LogP contribution < -0.4 is 31.3 Å². The van der Waals surface area contributed by atoms with E-state index in [1.807, 2.05) is 54.8 Å². The summed E-state index contributed by atoms with van der Waals surface area (Å²) in [5.74, 6) is 4.24. The molecule has 494 valence electrons. The standard InChI is InChI=1S/C79H104FN5O7/c1-55(2)17-15-18-56(3)69-38-39-70-68-37-30-63-51-58(42-45-77(63,4)71(68)43-46-78(69,70)5)44-50-92-49-16-47-81-73(87)40-41-74(88)83-66(52-57-24-31-64(80)32-25-57)53-75(89)85-72(76(90)84-65-33-26-59(54-86)27-34-65)23-13-14-48-82-79(60-19-9-7-10-20-60,61-21-11-8-12-22-61)62-28-35-67(91-6)36-29-62/h7-12,19-22,24-36,44,50,55-56,58,66,68-72,82,86H,13-18,23,37-43,45-49,51-54H2,1-6H3,(H,81,87)(H,83,88)(H,84,90)(H,85,89)/b50-44+/t56-,58?,66+,68+,69-,70+,71+,72+,77+,78-/m1/s1. The number of carbonyl (C=O) groups excluding carboxylic acids is 4. The van der Waals surface area contributed by atoms with Gasteiger partial charge in [0.25, 0.3) is 0 Å². The number of amides is 4. The Bertz CT molecular complexity index is 3170. The Kier molecular flexibility index (Phi) is 25.0. The van der Waals surface area contributed by atoms with Gasteiger partial charge in [0.1, 0.15) is 17.6 Å². The Labute approximate surface area is 548 Å². The van der Waals surface area contributed by atoms with Crippen molar-refractivity contribution in [2.75, 3.05) is 32.1 Å². The van der Waals surface area contributed by atoms with Gasteiger partial charge in [-0.25, -0.2) is 4.39 Å². The number of hydrogen-bond acceptors (Lipinski definition) is 8.